The molecule has 1 fully saturated rings. The molecule has 0 aromatic carbocycles. The number of hydrogen-bond acceptors (Lipinski definition) is 3. The largest absolute Gasteiger partial charge is 0.372 e. The predicted octanol–water partition coefficient (Wildman–Crippen LogP) is 1.03. The van der Waals surface area contributed by atoms with Crippen molar-refractivity contribution in [2.24, 2.45) is 0 Å². The van der Waals surface area contributed by atoms with Crippen LogP contribution in [0.15, 0.2) is 0 Å². The van der Waals surface area contributed by atoms with Gasteiger partial charge in [0.15, 0.2) is 0 Å². The Morgan fingerprint density at radius 2 is 2.54 bits per heavy atom. The van der Waals surface area contributed by atoms with Crippen LogP contribution in [-0.4, -0.2) is 36.7 Å². The van der Waals surface area contributed by atoms with E-state index in [2.05, 4.69) is 5.32 Å². The van der Waals surface area contributed by atoms with E-state index in [1.807, 2.05) is 11.8 Å². The normalized spacial score (nSPS) is 24.3. The highest BCUT2D eigenvalue weighted by molar-refractivity contribution is 8.00. The molecule has 13 heavy (non-hydrogen) atoms. The molecule has 1 heterocycles. The van der Waals surface area contributed by atoms with Crippen molar-refractivity contribution in [3.63, 3.8) is 0 Å². The van der Waals surface area contributed by atoms with E-state index in [1.165, 1.54) is 18.6 Å². The summed E-state index contributed by atoms with van der Waals surface area (Å²) in [6, 6.07) is 0. The number of hydrogen-bond donors (Lipinski definition) is 1. The first-order valence-corrected chi connectivity index (χ1v) is 5.71. The van der Waals surface area contributed by atoms with Crippen LogP contribution >= 0.6 is 11.8 Å². The highest BCUT2D eigenvalue weighted by atomic mass is 32.2. The van der Waals surface area contributed by atoms with Crippen LogP contribution in [0.1, 0.15) is 19.8 Å². The average molecular weight is 203 g/mol. The average Bonchev–Trinajstić information content (AvgIpc) is 2.65. The Kier molecular flexibility index (Phi) is 4.59. The van der Waals surface area contributed by atoms with Gasteiger partial charge in [-0.2, -0.15) is 11.8 Å². The number of thioether (sulfide) groups is 1. The molecule has 0 unspecified atom stereocenters. The second-order valence-corrected chi connectivity index (χ2v) is 4.67. The third-order valence-electron chi connectivity index (χ3n) is 2.25. The van der Waals surface area contributed by atoms with E-state index >= 15 is 0 Å². The molecule has 0 aliphatic carbocycles. The van der Waals surface area contributed by atoms with Crippen molar-refractivity contribution in [2.45, 2.75) is 31.1 Å². The van der Waals surface area contributed by atoms with Gasteiger partial charge in [-0.3, -0.25) is 4.79 Å². The molecular formula is C9H17NO2S. The molecule has 2 atom stereocenters. The smallest absolute Gasteiger partial charge is 0.248 e. The van der Waals surface area contributed by atoms with Gasteiger partial charge in [-0.15, -0.1) is 0 Å². The van der Waals surface area contributed by atoms with Crippen LogP contribution in [0, 0.1) is 0 Å². The lowest BCUT2D eigenvalue weighted by Crippen LogP contribution is -2.37. The molecule has 1 aliphatic heterocycles. The summed E-state index contributed by atoms with van der Waals surface area (Å²) >= 11 is 1.95. The molecule has 0 aromatic heterocycles. The Morgan fingerprint density at radius 1 is 1.77 bits per heavy atom. The van der Waals surface area contributed by atoms with Gasteiger partial charge in [0.05, 0.1) is 0 Å². The van der Waals surface area contributed by atoms with Gasteiger partial charge in [0.1, 0.15) is 6.10 Å². The second-order valence-electron chi connectivity index (χ2n) is 3.26. The van der Waals surface area contributed by atoms with Gasteiger partial charge in [-0.25, -0.2) is 0 Å². The van der Waals surface area contributed by atoms with Crippen LogP contribution < -0.4 is 5.32 Å². The van der Waals surface area contributed by atoms with Crippen molar-refractivity contribution in [2.75, 3.05) is 19.4 Å². The monoisotopic (exact) mass is 203 g/mol. The summed E-state index contributed by atoms with van der Waals surface area (Å²) in [7, 11) is 1.55. The van der Waals surface area contributed by atoms with E-state index in [4.69, 9.17) is 4.74 Å². The Bertz CT molecular complexity index is 169. The Hall–Kier alpha value is -0.220. The number of amides is 1. The highest BCUT2D eigenvalue weighted by Crippen LogP contribution is 2.25. The van der Waals surface area contributed by atoms with Gasteiger partial charge < -0.3 is 10.1 Å². The molecule has 76 valence electrons. The number of rotatable bonds is 4. The van der Waals surface area contributed by atoms with E-state index in [-0.39, 0.29) is 12.0 Å². The van der Waals surface area contributed by atoms with Crippen LogP contribution in [0.3, 0.4) is 0 Å². The van der Waals surface area contributed by atoms with Gasteiger partial charge in [-0.1, -0.05) is 0 Å². The zero-order valence-corrected chi connectivity index (χ0v) is 9.02. The summed E-state index contributed by atoms with van der Waals surface area (Å²) in [4.78, 5) is 11.3. The van der Waals surface area contributed by atoms with Crippen molar-refractivity contribution in [3.05, 3.63) is 0 Å². The third kappa shape index (κ3) is 3.56. The Labute approximate surface area is 83.6 Å². The van der Waals surface area contributed by atoms with Crippen molar-refractivity contribution in [1.29, 1.82) is 0 Å². The fourth-order valence-electron chi connectivity index (χ4n) is 1.27. The van der Waals surface area contributed by atoms with Gasteiger partial charge >= 0.3 is 0 Å². The summed E-state index contributed by atoms with van der Waals surface area (Å²) in [5.41, 5.74) is 0. The van der Waals surface area contributed by atoms with E-state index in [0.717, 1.165) is 6.54 Å². The fourth-order valence-corrected chi connectivity index (χ4v) is 2.47. The minimum absolute atomic E-state index is 0.00463. The number of nitrogens with one attached hydrogen (secondary N) is 1. The minimum Gasteiger partial charge on any atom is -0.372 e. The van der Waals surface area contributed by atoms with Crippen LogP contribution in [0.5, 0.6) is 0 Å². The lowest BCUT2D eigenvalue weighted by atomic mass is 10.2. The van der Waals surface area contributed by atoms with Crippen molar-refractivity contribution in [1.82, 2.24) is 5.32 Å². The standard InChI is InChI=1S/C9H17NO2S/c1-7(12-2)9(11)10-6-8-4-3-5-13-8/h7-8H,3-6H2,1-2H3,(H,10,11)/t7-,8-/m1/s1. The van der Waals surface area contributed by atoms with E-state index < -0.39 is 0 Å². The zero-order valence-electron chi connectivity index (χ0n) is 8.21. The Morgan fingerprint density at radius 3 is 3.08 bits per heavy atom. The first-order chi connectivity index (χ1) is 6.24. The van der Waals surface area contributed by atoms with Crippen LogP contribution in [-0.2, 0) is 9.53 Å². The highest BCUT2D eigenvalue weighted by Gasteiger charge is 2.17. The second kappa shape index (κ2) is 5.50. The first kappa shape index (κ1) is 10.9. The van der Waals surface area contributed by atoms with Gasteiger partial charge in [-0.05, 0) is 25.5 Å². The molecule has 1 rings (SSSR count). The van der Waals surface area contributed by atoms with E-state index in [9.17, 15) is 4.79 Å². The summed E-state index contributed by atoms with van der Waals surface area (Å²) in [5.74, 6) is 1.23. The van der Waals surface area contributed by atoms with Crippen LogP contribution in [0.2, 0.25) is 0 Å². The topological polar surface area (TPSA) is 38.3 Å². The lowest BCUT2D eigenvalue weighted by molar-refractivity contribution is -0.129. The SMILES string of the molecule is CO[C@H](C)C(=O)NC[C@H]1CCCS1. The summed E-state index contributed by atoms with van der Waals surface area (Å²) < 4.78 is 4.91. The summed E-state index contributed by atoms with van der Waals surface area (Å²) in [5, 5.41) is 3.51. The Balaban J connectivity index is 2.13. The van der Waals surface area contributed by atoms with Gasteiger partial charge in [0, 0.05) is 18.9 Å². The van der Waals surface area contributed by atoms with Gasteiger partial charge in [0.2, 0.25) is 5.91 Å². The maximum absolute atomic E-state index is 11.3. The zero-order chi connectivity index (χ0) is 9.68. The van der Waals surface area contributed by atoms with Crippen LogP contribution in [0.4, 0.5) is 0 Å². The third-order valence-corrected chi connectivity index (χ3v) is 3.65. The first-order valence-electron chi connectivity index (χ1n) is 4.66. The molecule has 0 bridgehead atoms. The maximum atomic E-state index is 11.3. The minimum atomic E-state index is -0.327. The molecule has 0 aromatic rings. The maximum Gasteiger partial charge on any atom is 0.248 e. The van der Waals surface area contributed by atoms with Crippen LogP contribution in [0.25, 0.3) is 0 Å². The van der Waals surface area contributed by atoms with Crippen molar-refractivity contribution >= 4 is 17.7 Å². The summed E-state index contributed by atoms with van der Waals surface area (Å²) in [6.45, 7) is 2.55. The molecule has 1 N–H and O–H groups in total. The molecule has 1 amide bonds. The quantitative estimate of drug-likeness (QED) is 0.741. The number of methoxy groups -OCH3 is 1. The fraction of sp³-hybridized carbons (Fsp3) is 0.889. The van der Waals surface area contributed by atoms with E-state index in [1.54, 1.807) is 14.0 Å². The molecule has 1 saturated heterocycles. The van der Waals surface area contributed by atoms with Gasteiger partial charge in [0.25, 0.3) is 0 Å². The molecule has 1 aliphatic rings. The van der Waals surface area contributed by atoms with Crippen molar-refractivity contribution in [3.8, 4) is 0 Å². The molecular weight excluding hydrogens is 186 g/mol. The molecule has 0 radical (unpaired) electrons. The predicted molar refractivity (Wildman–Crippen MR) is 55.0 cm³/mol. The number of carbonyl (C=O) groups excluding carboxylic acids is 1. The number of carbonyl (C=O) groups is 1. The lowest BCUT2D eigenvalue weighted by Gasteiger charge is -2.13. The van der Waals surface area contributed by atoms with Crippen molar-refractivity contribution < 1.29 is 9.53 Å². The molecule has 0 spiro atoms. The van der Waals surface area contributed by atoms with E-state index in [0.29, 0.717) is 5.25 Å². The molecule has 4 heteroatoms. The molecule has 0 saturated carbocycles. The number of ether oxygens (including phenoxy) is 1. The summed E-state index contributed by atoms with van der Waals surface area (Å²) in [6.07, 6.45) is 2.18. The molecule has 3 nitrogen and oxygen atoms in total.